The Labute approximate surface area is 102 Å². The van der Waals surface area contributed by atoms with Crippen molar-refractivity contribution in [3.8, 4) is 0 Å². The minimum Gasteiger partial charge on any atom is -0.351 e. The molecule has 1 amide bonds. The maximum absolute atomic E-state index is 11.9. The number of aryl methyl sites for hydroxylation is 1. The van der Waals surface area contributed by atoms with Crippen LogP contribution in [0.4, 0.5) is 0 Å². The van der Waals surface area contributed by atoms with Crippen molar-refractivity contribution in [1.29, 1.82) is 0 Å². The van der Waals surface area contributed by atoms with E-state index in [1.165, 1.54) is 0 Å². The van der Waals surface area contributed by atoms with Crippen LogP contribution in [-0.4, -0.2) is 29.2 Å². The van der Waals surface area contributed by atoms with Crippen LogP contribution in [0.5, 0.6) is 0 Å². The summed E-state index contributed by atoms with van der Waals surface area (Å²) in [5.74, 6) is -0.0722. The van der Waals surface area contributed by atoms with Crippen molar-refractivity contribution in [1.82, 2.24) is 15.5 Å². The number of carbonyl (C=O) groups is 1. The van der Waals surface area contributed by atoms with Gasteiger partial charge in [0.25, 0.3) is 5.91 Å². The van der Waals surface area contributed by atoms with Gasteiger partial charge in [-0.05, 0) is 31.7 Å². The average molecular weight is 238 g/mol. The maximum Gasteiger partial charge on any atom is 0.254 e. The quantitative estimate of drug-likeness (QED) is 0.696. The van der Waals surface area contributed by atoms with Crippen molar-refractivity contribution in [2.24, 2.45) is 11.1 Å². The van der Waals surface area contributed by atoms with E-state index >= 15 is 0 Å². The van der Waals surface area contributed by atoms with Crippen LogP contribution in [0, 0.1) is 12.3 Å². The molecular formula is C12H22N4O. The number of rotatable bonds is 6. The largest absolute Gasteiger partial charge is 0.351 e. The molecule has 0 aliphatic heterocycles. The van der Waals surface area contributed by atoms with Gasteiger partial charge in [-0.2, -0.15) is 5.10 Å². The lowest BCUT2D eigenvalue weighted by atomic mass is 9.87. The molecule has 0 fully saturated rings. The molecule has 0 spiro atoms. The summed E-state index contributed by atoms with van der Waals surface area (Å²) in [7, 11) is 0. The van der Waals surface area contributed by atoms with Gasteiger partial charge in [0, 0.05) is 12.2 Å². The summed E-state index contributed by atoms with van der Waals surface area (Å²) in [5.41, 5.74) is 6.97. The Morgan fingerprint density at radius 2 is 2.29 bits per heavy atom. The highest BCUT2D eigenvalue weighted by Crippen LogP contribution is 2.20. The van der Waals surface area contributed by atoms with Gasteiger partial charge in [-0.25, -0.2) is 0 Å². The highest BCUT2D eigenvalue weighted by molar-refractivity contribution is 5.94. The fourth-order valence-electron chi connectivity index (χ4n) is 1.66. The zero-order valence-corrected chi connectivity index (χ0v) is 10.8. The number of hydrogen-bond donors (Lipinski definition) is 3. The van der Waals surface area contributed by atoms with E-state index in [0.29, 0.717) is 18.7 Å². The van der Waals surface area contributed by atoms with E-state index in [2.05, 4.69) is 29.4 Å². The van der Waals surface area contributed by atoms with E-state index in [1.54, 1.807) is 6.20 Å². The van der Waals surface area contributed by atoms with Gasteiger partial charge in [0.2, 0.25) is 0 Å². The third-order valence-electron chi connectivity index (χ3n) is 2.86. The fourth-order valence-corrected chi connectivity index (χ4v) is 1.66. The van der Waals surface area contributed by atoms with Crippen molar-refractivity contribution in [2.75, 3.05) is 13.1 Å². The molecule has 17 heavy (non-hydrogen) atoms. The summed E-state index contributed by atoms with van der Waals surface area (Å²) in [6.45, 7) is 7.44. The molecule has 0 saturated heterocycles. The molecule has 1 heterocycles. The molecule has 0 aromatic carbocycles. The van der Waals surface area contributed by atoms with Crippen LogP contribution in [0.25, 0.3) is 0 Å². The molecule has 1 aromatic heterocycles. The maximum atomic E-state index is 11.9. The molecule has 0 saturated carbocycles. The first-order chi connectivity index (χ1) is 7.96. The van der Waals surface area contributed by atoms with Gasteiger partial charge >= 0.3 is 0 Å². The number of H-pyrrole nitrogens is 1. The fraction of sp³-hybridized carbons (Fsp3) is 0.667. The van der Waals surface area contributed by atoms with Crippen molar-refractivity contribution in [3.05, 3.63) is 17.5 Å². The number of nitrogens with two attached hydrogens (primary N) is 1. The van der Waals surface area contributed by atoms with E-state index in [4.69, 9.17) is 5.73 Å². The SMILES string of the molecule is Cc1[nH]ncc1C(=O)NCC(C)(C)CCCN. The van der Waals surface area contributed by atoms with Gasteiger partial charge in [-0.1, -0.05) is 13.8 Å². The van der Waals surface area contributed by atoms with E-state index in [9.17, 15) is 4.79 Å². The molecule has 1 rings (SSSR count). The van der Waals surface area contributed by atoms with E-state index in [1.807, 2.05) is 6.92 Å². The summed E-state index contributed by atoms with van der Waals surface area (Å²) >= 11 is 0. The Hall–Kier alpha value is -1.36. The smallest absolute Gasteiger partial charge is 0.254 e. The second-order valence-corrected chi connectivity index (χ2v) is 5.15. The highest BCUT2D eigenvalue weighted by Gasteiger charge is 2.19. The monoisotopic (exact) mass is 238 g/mol. The molecule has 1 aromatic rings. The van der Waals surface area contributed by atoms with Crippen molar-refractivity contribution in [3.63, 3.8) is 0 Å². The van der Waals surface area contributed by atoms with Gasteiger partial charge in [-0.15, -0.1) is 0 Å². The van der Waals surface area contributed by atoms with Gasteiger partial charge in [0.15, 0.2) is 0 Å². The van der Waals surface area contributed by atoms with Crippen molar-refractivity contribution < 1.29 is 4.79 Å². The Balaban J connectivity index is 2.45. The Kier molecular flexibility index (Phi) is 4.69. The lowest BCUT2D eigenvalue weighted by molar-refractivity contribution is 0.0934. The van der Waals surface area contributed by atoms with Crippen molar-refractivity contribution >= 4 is 5.91 Å². The predicted octanol–water partition coefficient (Wildman–Crippen LogP) is 1.21. The second kappa shape index (κ2) is 5.82. The number of amides is 1. The average Bonchev–Trinajstić information content (AvgIpc) is 2.70. The summed E-state index contributed by atoms with van der Waals surface area (Å²) in [6, 6.07) is 0. The van der Waals surface area contributed by atoms with Crippen LogP contribution in [0.3, 0.4) is 0 Å². The van der Waals surface area contributed by atoms with Crippen molar-refractivity contribution in [2.45, 2.75) is 33.6 Å². The normalized spacial score (nSPS) is 11.5. The zero-order valence-electron chi connectivity index (χ0n) is 10.8. The number of carbonyl (C=O) groups excluding carboxylic acids is 1. The first-order valence-corrected chi connectivity index (χ1v) is 5.94. The predicted molar refractivity (Wildman–Crippen MR) is 67.7 cm³/mol. The number of hydrogen-bond acceptors (Lipinski definition) is 3. The molecule has 0 unspecified atom stereocenters. The van der Waals surface area contributed by atoms with Gasteiger partial charge in [0.05, 0.1) is 11.8 Å². The van der Waals surface area contributed by atoms with Crippen LogP contribution < -0.4 is 11.1 Å². The molecular weight excluding hydrogens is 216 g/mol. The van der Waals surface area contributed by atoms with Crippen LogP contribution in [0.1, 0.15) is 42.7 Å². The molecule has 5 heteroatoms. The minimum absolute atomic E-state index is 0.0722. The second-order valence-electron chi connectivity index (χ2n) is 5.15. The summed E-state index contributed by atoms with van der Waals surface area (Å²) in [6.07, 6.45) is 3.54. The molecule has 0 radical (unpaired) electrons. The number of nitrogens with one attached hydrogen (secondary N) is 2. The first kappa shape index (κ1) is 13.7. The topological polar surface area (TPSA) is 83.8 Å². The molecule has 4 N–H and O–H groups in total. The Morgan fingerprint density at radius 3 is 2.82 bits per heavy atom. The molecule has 0 atom stereocenters. The molecule has 0 aliphatic rings. The zero-order chi connectivity index (χ0) is 12.9. The van der Waals surface area contributed by atoms with Crippen LogP contribution in [0.2, 0.25) is 0 Å². The molecule has 5 nitrogen and oxygen atoms in total. The van der Waals surface area contributed by atoms with Gasteiger partial charge in [-0.3, -0.25) is 9.89 Å². The Morgan fingerprint density at radius 1 is 1.59 bits per heavy atom. The summed E-state index contributed by atoms with van der Waals surface area (Å²) in [4.78, 5) is 11.9. The summed E-state index contributed by atoms with van der Waals surface area (Å²) in [5, 5.41) is 9.52. The van der Waals surface area contributed by atoms with E-state index < -0.39 is 0 Å². The number of aromatic amines is 1. The standard InChI is InChI=1S/C12H22N4O/c1-9-10(7-15-16-9)11(17)14-8-12(2,3)5-4-6-13/h7H,4-6,8,13H2,1-3H3,(H,14,17)(H,15,16). The number of nitrogens with zero attached hydrogens (tertiary/aromatic N) is 1. The molecule has 96 valence electrons. The minimum atomic E-state index is -0.0722. The highest BCUT2D eigenvalue weighted by atomic mass is 16.1. The Bertz CT molecular complexity index is 370. The number of aromatic nitrogens is 2. The lowest BCUT2D eigenvalue weighted by Gasteiger charge is -2.24. The lowest BCUT2D eigenvalue weighted by Crippen LogP contribution is -2.34. The van der Waals surface area contributed by atoms with Gasteiger partial charge < -0.3 is 11.1 Å². The first-order valence-electron chi connectivity index (χ1n) is 5.94. The van der Waals surface area contributed by atoms with Gasteiger partial charge in [0.1, 0.15) is 0 Å². The van der Waals surface area contributed by atoms with Crippen LogP contribution in [-0.2, 0) is 0 Å². The third-order valence-corrected chi connectivity index (χ3v) is 2.86. The van der Waals surface area contributed by atoms with Crippen LogP contribution >= 0.6 is 0 Å². The van der Waals surface area contributed by atoms with E-state index in [-0.39, 0.29) is 11.3 Å². The molecule has 0 bridgehead atoms. The van der Waals surface area contributed by atoms with E-state index in [0.717, 1.165) is 18.5 Å². The third kappa shape index (κ3) is 4.19. The summed E-state index contributed by atoms with van der Waals surface area (Å²) < 4.78 is 0. The van der Waals surface area contributed by atoms with Crippen LogP contribution in [0.15, 0.2) is 6.20 Å². The molecule has 0 aliphatic carbocycles.